The first-order chi connectivity index (χ1) is 6.38. The minimum absolute atomic E-state index is 0.833. The van der Waals surface area contributed by atoms with E-state index in [-0.39, 0.29) is 0 Å². The largest absolute Gasteiger partial charge is 0.448 e. The van der Waals surface area contributed by atoms with E-state index >= 15 is 0 Å². The van der Waals surface area contributed by atoms with Crippen molar-refractivity contribution in [2.45, 2.75) is 39.7 Å². The maximum absolute atomic E-state index is 5.28. The number of rotatable bonds is 6. The summed E-state index contributed by atoms with van der Waals surface area (Å²) in [7, 11) is 0. The summed E-state index contributed by atoms with van der Waals surface area (Å²) in [4.78, 5) is 4.18. The lowest BCUT2D eigenvalue weighted by molar-refractivity contribution is 0.495. The van der Waals surface area contributed by atoms with Crippen molar-refractivity contribution in [2.24, 2.45) is 0 Å². The van der Waals surface area contributed by atoms with Crippen molar-refractivity contribution in [1.82, 2.24) is 10.3 Å². The Hall–Kier alpha value is -0.830. The van der Waals surface area contributed by atoms with Gasteiger partial charge < -0.3 is 9.73 Å². The number of nitrogens with one attached hydrogen (secondary N) is 1. The van der Waals surface area contributed by atoms with E-state index in [2.05, 4.69) is 24.1 Å². The molecule has 0 bridgehead atoms. The summed E-state index contributed by atoms with van der Waals surface area (Å²) in [6.07, 6.45) is 4.79. The van der Waals surface area contributed by atoms with Crippen molar-refractivity contribution in [1.29, 1.82) is 0 Å². The molecule has 0 unspecified atom stereocenters. The van der Waals surface area contributed by atoms with Gasteiger partial charge in [-0.05, 0) is 19.4 Å². The normalized spacial score (nSPS) is 10.6. The van der Waals surface area contributed by atoms with Crippen LogP contribution in [0.25, 0.3) is 0 Å². The van der Waals surface area contributed by atoms with Crippen molar-refractivity contribution < 1.29 is 4.42 Å². The number of oxazole rings is 1. The average molecular weight is 182 g/mol. The van der Waals surface area contributed by atoms with Crippen molar-refractivity contribution in [3.63, 3.8) is 0 Å². The van der Waals surface area contributed by atoms with Crippen LogP contribution in [-0.4, -0.2) is 11.5 Å². The predicted octanol–water partition coefficient (Wildman–Crippen LogP) is 2.13. The Morgan fingerprint density at radius 1 is 1.38 bits per heavy atom. The molecule has 1 aromatic heterocycles. The standard InChI is InChI=1S/C10H18N2O/c1-3-5-10-9(12-8-13-10)7-11-6-4-2/h8,11H,3-7H2,1-2H3. The van der Waals surface area contributed by atoms with Crippen LogP contribution in [0.4, 0.5) is 0 Å². The molecule has 0 radical (unpaired) electrons. The molecular formula is C10H18N2O. The first-order valence-electron chi connectivity index (χ1n) is 5.00. The van der Waals surface area contributed by atoms with E-state index < -0.39 is 0 Å². The van der Waals surface area contributed by atoms with Gasteiger partial charge in [0.2, 0.25) is 0 Å². The van der Waals surface area contributed by atoms with E-state index in [9.17, 15) is 0 Å². The second-order valence-corrected chi connectivity index (χ2v) is 3.15. The van der Waals surface area contributed by atoms with Crippen LogP contribution >= 0.6 is 0 Å². The molecular weight excluding hydrogens is 164 g/mol. The molecule has 1 aromatic rings. The van der Waals surface area contributed by atoms with E-state index in [0.29, 0.717) is 0 Å². The Labute approximate surface area is 79.5 Å². The van der Waals surface area contributed by atoms with Crippen LogP contribution in [0.3, 0.4) is 0 Å². The molecule has 0 atom stereocenters. The smallest absolute Gasteiger partial charge is 0.181 e. The fraction of sp³-hybridized carbons (Fsp3) is 0.700. The van der Waals surface area contributed by atoms with Gasteiger partial charge in [-0.15, -0.1) is 0 Å². The minimum Gasteiger partial charge on any atom is -0.448 e. The summed E-state index contributed by atoms with van der Waals surface area (Å²) in [6.45, 7) is 6.17. The highest BCUT2D eigenvalue weighted by molar-refractivity contribution is 5.06. The van der Waals surface area contributed by atoms with E-state index in [0.717, 1.165) is 43.8 Å². The molecule has 1 N–H and O–H groups in total. The summed E-state index contributed by atoms with van der Waals surface area (Å²) >= 11 is 0. The summed E-state index contributed by atoms with van der Waals surface area (Å²) in [5.74, 6) is 1.03. The zero-order valence-corrected chi connectivity index (χ0v) is 8.47. The molecule has 0 fully saturated rings. The molecule has 0 spiro atoms. The van der Waals surface area contributed by atoms with Crippen LogP contribution in [-0.2, 0) is 13.0 Å². The number of hydrogen-bond donors (Lipinski definition) is 1. The van der Waals surface area contributed by atoms with Gasteiger partial charge in [-0.3, -0.25) is 0 Å². The van der Waals surface area contributed by atoms with Crippen LogP contribution < -0.4 is 5.32 Å². The van der Waals surface area contributed by atoms with Gasteiger partial charge in [-0.2, -0.15) is 0 Å². The number of nitrogens with zero attached hydrogens (tertiary/aromatic N) is 1. The third-order valence-corrected chi connectivity index (χ3v) is 1.92. The third kappa shape index (κ3) is 3.19. The Balaban J connectivity index is 2.40. The lowest BCUT2D eigenvalue weighted by atomic mass is 10.2. The monoisotopic (exact) mass is 182 g/mol. The molecule has 3 heteroatoms. The van der Waals surface area contributed by atoms with Crippen LogP contribution in [0.2, 0.25) is 0 Å². The maximum Gasteiger partial charge on any atom is 0.181 e. The second-order valence-electron chi connectivity index (χ2n) is 3.15. The molecule has 0 aliphatic heterocycles. The molecule has 1 heterocycles. The van der Waals surface area contributed by atoms with E-state index in [1.807, 2.05) is 0 Å². The zero-order chi connectivity index (χ0) is 9.52. The highest BCUT2D eigenvalue weighted by atomic mass is 16.3. The lowest BCUT2D eigenvalue weighted by Gasteiger charge is -2.01. The topological polar surface area (TPSA) is 38.1 Å². The highest BCUT2D eigenvalue weighted by Gasteiger charge is 2.05. The van der Waals surface area contributed by atoms with Gasteiger partial charge in [0.15, 0.2) is 6.39 Å². The molecule has 0 aliphatic rings. The fourth-order valence-corrected chi connectivity index (χ4v) is 1.25. The molecule has 0 aromatic carbocycles. The van der Waals surface area contributed by atoms with Crippen LogP contribution in [0, 0.1) is 0 Å². The van der Waals surface area contributed by atoms with Gasteiger partial charge >= 0.3 is 0 Å². The van der Waals surface area contributed by atoms with Gasteiger partial charge in [-0.1, -0.05) is 13.8 Å². The third-order valence-electron chi connectivity index (χ3n) is 1.92. The Kier molecular flexibility index (Phi) is 4.54. The fourth-order valence-electron chi connectivity index (χ4n) is 1.25. The van der Waals surface area contributed by atoms with Crippen LogP contribution in [0.5, 0.6) is 0 Å². The summed E-state index contributed by atoms with van der Waals surface area (Å²) < 4.78 is 5.28. The van der Waals surface area contributed by atoms with Gasteiger partial charge in [-0.25, -0.2) is 4.98 Å². The highest BCUT2D eigenvalue weighted by Crippen LogP contribution is 2.08. The molecule has 0 saturated heterocycles. The Morgan fingerprint density at radius 2 is 2.23 bits per heavy atom. The SMILES string of the molecule is CCCNCc1ncoc1CCC. The molecule has 0 saturated carbocycles. The summed E-state index contributed by atoms with van der Waals surface area (Å²) in [5, 5.41) is 3.31. The molecule has 1 rings (SSSR count). The van der Waals surface area contributed by atoms with E-state index in [1.165, 1.54) is 6.39 Å². The van der Waals surface area contributed by atoms with Crippen molar-refractivity contribution in [2.75, 3.05) is 6.54 Å². The van der Waals surface area contributed by atoms with Gasteiger partial charge in [0.25, 0.3) is 0 Å². The summed E-state index contributed by atoms with van der Waals surface area (Å²) in [5.41, 5.74) is 1.07. The zero-order valence-electron chi connectivity index (χ0n) is 8.47. The molecule has 13 heavy (non-hydrogen) atoms. The van der Waals surface area contributed by atoms with Crippen LogP contribution in [0.15, 0.2) is 10.8 Å². The van der Waals surface area contributed by atoms with Gasteiger partial charge in [0, 0.05) is 13.0 Å². The van der Waals surface area contributed by atoms with Gasteiger partial charge in [0.05, 0.1) is 5.69 Å². The van der Waals surface area contributed by atoms with Gasteiger partial charge in [0.1, 0.15) is 5.76 Å². The van der Waals surface area contributed by atoms with Crippen molar-refractivity contribution in [3.05, 3.63) is 17.8 Å². The second kappa shape index (κ2) is 5.75. The predicted molar refractivity (Wildman–Crippen MR) is 52.5 cm³/mol. The lowest BCUT2D eigenvalue weighted by Crippen LogP contribution is -2.15. The number of hydrogen-bond acceptors (Lipinski definition) is 3. The maximum atomic E-state index is 5.28. The van der Waals surface area contributed by atoms with Crippen LogP contribution in [0.1, 0.15) is 38.1 Å². The number of aromatic nitrogens is 1. The Bertz CT molecular complexity index is 233. The number of aryl methyl sites for hydroxylation is 1. The van der Waals surface area contributed by atoms with Crippen molar-refractivity contribution in [3.8, 4) is 0 Å². The van der Waals surface area contributed by atoms with E-state index in [4.69, 9.17) is 4.42 Å². The first kappa shape index (κ1) is 10.3. The summed E-state index contributed by atoms with van der Waals surface area (Å²) in [6, 6.07) is 0. The minimum atomic E-state index is 0.833. The Morgan fingerprint density at radius 3 is 2.92 bits per heavy atom. The first-order valence-corrected chi connectivity index (χ1v) is 5.00. The molecule has 3 nitrogen and oxygen atoms in total. The average Bonchev–Trinajstić information content (AvgIpc) is 2.54. The molecule has 0 amide bonds. The quantitative estimate of drug-likeness (QED) is 0.685. The molecule has 74 valence electrons. The van der Waals surface area contributed by atoms with E-state index in [1.54, 1.807) is 0 Å². The molecule has 0 aliphatic carbocycles. The van der Waals surface area contributed by atoms with Crippen molar-refractivity contribution >= 4 is 0 Å².